The summed E-state index contributed by atoms with van der Waals surface area (Å²) in [6.45, 7) is 4.12. The zero-order valence-electron chi connectivity index (χ0n) is 15.0. The quantitative estimate of drug-likeness (QED) is 0.745. The Morgan fingerprint density at radius 2 is 1.81 bits per heavy atom. The Morgan fingerprint density at radius 3 is 2.58 bits per heavy atom. The number of nitrogens with one attached hydrogen (secondary N) is 1. The average molecular weight is 343 g/mol. The molecule has 4 heteroatoms. The monoisotopic (exact) mass is 343 g/mol. The summed E-state index contributed by atoms with van der Waals surface area (Å²) in [5.41, 5.74) is 6.02. The highest BCUT2D eigenvalue weighted by Gasteiger charge is 2.28. The molecule has 0 spiro atoms. The van der Waals surface area contributed by atoms with Crippen molar-refractivity contribution in [3.8, 4) is 0 Å². The molecule has 26 heavy (non-hydrogen) atoms. The minimum absolute atomic E-state index is 0.124. The van der Waals surface area contributed by atoms with Crippen molar-refractivity contribution in [2.75, 3.05) is 5.32 Å². The van der Waals surface area contributed by atoms with Crippen LogP contribution in [-0.2, 0) is 6.42 Å². The minimum Gasteiger partial charge on any atom is -0.324 e. The number of benzene rings is 2. The molecule has 0 fully saturated rings. The van der Waals surface area contributed by atoms with Gasteiger partial charge in [0.2, 0.25) is 5.95 Å². The summed E-state index contributed by atoms with van der Waals surface area (Å²) in [5.74, 6) is 0.836. The van der Waals surface area contributed by atoms with Crippen LogP contribution in [0.2, 0.25) is 0 Å². The summed E-state index contributed by atoms with van der Waals surface area (Å²) >= 11 is 0. The summed E-state index contributed by atoms with van der Waals surface area (Å²) in [6, 6.07) is 16.5. The topological polar surface area (TPSA) is 54.9 Å². The first-order chi connectivity index (χ1) is 12.6. The molecule has 0 aliphatic heterocycles. The van der Waals surface area contributed by atoms with E-state index in [0.29, 0.717) is 17.9 Å². The second-order valence-corrected chi connectivity index (χ2v) is 6.99. The number of hydrogen-bond donors (Lipinski definition) is 1. The fourth-order valence-corrected chi connectivity index (χ4v) is 3.43. The number of Topliss-reactive ketones (excluding diaryl/α,β-unsaturated/α-hetero) is 1. The van der Waals surface area contributed by atoms with E-state index in [2.05, 4.69) is 46.5 Å². The molecule has 0 saturated heterocycles. The number of hydrogen-bond acceptors (Lipinski definition) is 4. The van der Waals surface area contributed by atoms with Crippen molar-refractivity contribution in [1.82, 2.24) is 9.97 Å². The van der Waals surface area contributed by atoms with Crippen molar-refractivity contribution in [3.63, 3.8) is 0 Å². The van der Waals surface area contributed by atoms with E-state index in [1.165, 1.54) is 16.7 Å². The molecule has 0 radical (unpaired) electrons. The van der Waals surface area contributed by atoms with Crippen LogP contribution in [0.1, 0.15) is 45.1 Å². The number of anilines is 2. The molecular formula is C22H21N3O. The van der Waals surface area contributed by atoms with Gasteiger partial charge in [-0.15, -0.1) is 0 Å². The minimum atomic E-state index is 0.124. The first-order valence-electron chi connectivity index (χ1n) is 8.88. The van der Waals surface area contributed by atoms with Gasteiger partial charge < -0.3 is 5.32 Å². The molecule has 1 atom stereocenters. The molecule has 1 heterocycles. The highest BCUT2D eigenvalue weighted by molar-refractivity contribution is 5.98. The van der Waals surface area contributed by atoms with Crippen molar-refractivity contribution in [2.24, 2.45) is 0 Å². The summed E-state index contributed by atoms with van der Waals surface area (Å²) in [4.78, 5) is 21.5. The lowest BCUT2D eigenvalue weighted by molar-refractivity contribution is 0.0962. The van der Waals surface area contributed by atoms with E-state index in [1.54, 1.807) is 6.20 Å². The number of aromatic nitrogens is 2. The molecule has 0 unspecified atom stereocenters. The number of fused-ring (bicyclic) bond motifs is 1. The van der Waals surface area contributed by atoms with Crippen LogP contribution in [0.3, 0.4) is 0 Å². The van der Waals surface area contributed by atoms with Crippen LogP contribution in [0, 0.1) is 13.8 Å². The molecule has 4 nitrogen and oxygen atoms in total. The van der Waals surface area contributed by atoms with Gasteiger partial charge >= 0.3 is 0 Å². The SMILES string of the molecule is Cc1ccc([C@H]2CC(=O)c3cnc(Nc4cccc(C)c4)nc3C2)cc1. The zero-order chi connectivity index (χ0) is 18.1. The van der Waals surface area contributed by atoms with Crippen LogP contribution in [0.4, 0.5) is 11.6 Å². The van der Waals surface area contributed by atoms with Crippen molar-refractivity contribution in [1.29, 1.82) is 0 Å². The number of aryl methyl sites for hydroxylation is 2. The van der Waals surface area contributed by atoms with Gasteiger partial charge in [-0.2, -0.15) is 0 Å². The van der Waals surface area contributed by atoms with Crippen molar-refractivity contribution in [3.05, 3.63) is 82.7 Å². The predicted molar refractivity (Wildman–Crippen MR) is 103 cm³/mol. The Bertz CT molecular complexity index is 963. The third-order valence-corrected chi connectivity index (χ3v) is 4.86. The first-order valence-corrected chi connectivity index (χ1v) is 8.88. The number of carbonyl (C=O) groups is 1. The Balaban J connectivity index is 1.61. The third kappa shape index (κ3) is 3.36. The lowest BCUT2D eigenvalue weighted by Gasteiger charge is -2.23. The van der Waals surface area contributed by atoms with E-state index in [4.69, 9.17) is 0 Å². The summed E-state index contributed by atoms with van der Waals surface area (Å²) < 4.78 is 0. The molecule has 0 saturated carbocycles. The van der Waals surface area contributed by atoms with Crippen LogP contribution >= 0.6 is 0 Å². The predicted octanol–water partition coefficient (Wildman–Crippen LogP) is 4.75. The van der Waals surface area contributed by atoms with Gasteiger partial charge in [0.05, 0.1) is 11.3 Å². The van der Waals surface area contributed by atoms with Crippen LogP contribution in [0.15, 0.2) is 54.7 Å². The Labute approximate surface area is 153 Å². The van der Waals surface area contributed by atoms with Crippen molar-refractivity contribution < 1.29 is 4.79 Å². The largest absolute Gasteiger partial charge is 0.324 e. The van der Waals surface area contributed by atoms with E-state index >= 15 is 0 Å². The van der Waals surface area contributed by atoms with Crippen LogP contribution < -0.4 is 5.32 Å². The second kappa shape index (κ2) is 6.71. The van der Waals surface area contributed by atoms with Crippen LogP contribution in [0.25, 0.3) is 0 Å². The van der Waals surface area contributed by atoms with Gasteiger partial charge in [0.25, 0.3) is 0 Å². The number of rotatable bonds is 3. The fraction of sp³-hybridized carbons (Fsp3) is 0.227. The van der Waals surface area contributed by atoms with Crippen molar-refractivity contribution >= 4 is 17.4 Å². The normalized spacial score (nSPS) is 16.2. The Hall–Kier alpha value is -3.01. The first kappa shape index (κ1) is 16.5. The van der Waals surface area contributed by atoms with Gasteiger partial charge in [-0.05, 0) is 49.4 Å². The molecule has 130 valence electrons. The smallest absolute Gasteiger partial charge is 0.227 e. The molecule has 1 N–H and O–H groups in total. The molecule has 0 bridgehead atoms. The van der Waals surface area contributed by atoms with E-state index in [1.807, 2.05) is 31.2 Å². The highest BCUT2D eigenvalue weighted by Crippen LogP contribution is 2.32. The fourth-order valence-electron chi connectivity index (χ4n) is 3.43. The molecule has 1 aliphatic carbocycles. The molecular weight excluding hydrogens is 322 g/mol. The second-order valence-electron chi connectivity index (χ2n) is 6.99. The number of carbonyl (C=O) groups excluding carboxylic acids is 1. The van der Waals surface area contributed by atoms with E-state index in [0.717, 1.165) is 17.8 Å². The van der Waals surface area contributed by atoms with Gasteiger partial charge in [-0.3, -0.25) is 4.79 Å². The third-order valence-electron chi connectivity index (χ3n) is 4.86. The number of ketones is 1. The van der Waals surface area contributed by atoms with Gasteiger partial charge in [0.15, 0.2) is 5.78 Å². The Morgan fingerprint density at radius 1 is 1.00 bits per heavy atom. The lowest BCUT2D eigenvalue weighted by atomic mass is 9.82. The lowest BCUT2D eigenvalue weighted by Crippen LogP contribution is -2.21. The molecule has 3 aromatic rings. The molecule has 1 aromatic heterocycles. The van der Waals surface area contributed by atoms with Crippen LogP contribution in [0.5, 0.6) is 0 Å². The van der Waals surface area contributed by atoms with Gasteiger partial charge in [0, 0.05) is 18.3 Å². The molecule has 2 aromatic carbocycles. The summed E-state index contributed by atoms with van der Waals surface area (Å²) in [5, 5.41) is 3.24. The van der Waals surface area contributed by atoms with E-state index in [-0.39, 0.29) is 11.7 Å². The number of nitrogens with zero attached hydrogens (tertiary/aromatic N) is 2. The standard InChI is InChI=1S/C22H21N3O/c1-14-6-8-16(9-7-14)17-11-20-19(21(26)12-17)13-23-22(25-20)24-18-5-3-4-15(2)10-18/h3-10,13,17H,11-12H2,1-2H3,(H,23,24,25)/t17-/m1/s1. The van der Waals surface area contributed by atoms with E-state index < -0.39 is 0 Å². The van der Waals surface area contributed by atoms with Crippen molar-refractivity contribution in [2.45, 2.75) is 32.6 Å². The highest BCUT2D eigenvalue weighted by atomic mass is 16.1. The summed E-state index contributed by atoms with van der Waals surface area (Å²) in [7, 11) is 0. The maximum absolute atomic E-state index is 12.6. The zero-order valence-corrected chi connectivity index (χ0v) is 15.0. The average Bonchev–Trinajstić information content (AvgIpc) is 2.62. The van der Waals surface area contributed by atoms with Crippen LogP contribution in [-0.4, -0.2) is 15.8 Å². The maximum atomic E-state index is 12.6. The summed E-state index contributed by atoms with van der Waals surface area (Å²) in [6.07, 6.45) is 2.94. The maximum Gasteiger partial charge on any atom is 0.227 e. The molecule has 1 aliphatic rings. The molecule has 4 rings (SSSR count). The van der Waals surface area contributed by atoms with Gasteiger partial charge in [-0.1, -0.05) is 42.0 Å². The van der Waals surface area contributed by atoms with E-state index in [9.17, 15) is 4.79 Å². The molecule has 0 amide bonds. The van der Waals surface area contributed by atoms with Gasteiger partial charge in [-0.25, -0.2) is 9.97 Å². The van der Waals surface area contributed by atoms with Gasteiger partial charge in [0.1, 0.15) is 0 Å². The Kier molecular flexibility index (Phi) is 4.25.